The van der Waals surface area contributed by atoms with E-state index in [1.54, 1.807) is 12.1 Å². The zero-order valence-corrected chi connectivity index (χ0v) is 16.2. The van der Waals surface area contributed by atoms with Crippen LogP contribution in [0, 0.1) is 18.3 Å². The van der Waals surface area contributed by atoms with Crippen LogP contribution in [0.25, 0.3) is 17.0 Å². The van der Waals surface area contributed by atoms with E-state index in [-0.39, 0.29) is 11.3 Å². The molecule has 6 heteroatoms. The fourth-order valence-corrected chi connectivity index (χ4v) is 4.71. The minimum Gasteiger partial charge on any atom is -0.463 e. The van der Waals surface area contributed by atoms with Gasteiger partial charge in [0.05, 0.1) is 16.5 Å². The summed E-state index contributed by atoms with van der Waals surface area (Å²) in [6.45, 7) is 1.91. The van der Waals surface area contributed by atoms with Crippen LogP contribution in [-0.2, 0) is 17.6 Å². The fourth-order valence-electron chi connectivity index (χ4n) is 3.47. The molecule has 28 heavy (non-hydrogen) atoms. The minimum atomic E-state index is -0.376. The predicted octanol–water partition coefficient (Wildman–Crippen LogP) is 4.57. The lowest BCUT2D eigenvalue weighted by Gasteiger charge is -2.09. The van der Waals surface area contributed by atoms with Crippen molar-refractivity contribution in [3.63, 3.8) is 0 Å². The Morgan fingerprint density at radius 3 is 2.96 bits per heavy atom. The SMILES string of the molecule is Cc1ccc2occ(/C=C/C(=O)Nc3sc4c(c3C#N)CCCC4)c(=O)c2c1. The quantitative estimate of drug-likeness (QED) is 0.664. The molecule has 1 aliphatic carbocycles. The topological polar surface area (TPSA) is 83.1 Å². The van der Waals surface area contributed by atoms with E-state index in [0.29, 0.717) is 27.1 Å². The Balaban J connectivity index is 1.58. The van der Waals surface area contributed by atoms with Gasteiger partial charge in [-0.05, 0) is 56.4 Å². The lowest BCUT2D eigenvalue weighted by molar-refractivity contribution is -0.111. The van der Waals surface area contributed by atoms with Crippen LogP contribution in [0.4, 0.5) is 5.00 Å². The van der Waals surface area contributed by atoms with Crippen molar-refractivity contribution in [3.8, 4) is 6.07 Å². The van der Waals surface area contributed by atoms with E-state index in [1.807, 2.05) is 13.0 Å². The number of nitrogens with zero attached hydrogens (tertiary/aromatic N) is 1. The van der Waals surface area contributed by atoms with Crippen molar-refractivity contribution in [3.05, 3.63) is 67.9 Å². The van der Waals surface area contributed by atoms with Gasteiger partial charge in [-0.15, -0.1) is 11.3 Å². The molecule has 0 bridgehead atoms. The van der Waals surface area contributed by atoms with Crippen molar-refractivity contribution in [2.45, 2.75) is 32.6 Å². The van der Waals surface area contributed by atoms with E-state index in [2.05, 4.69) is 11.4 Å². The van der Waals surface area contributed by atoms with Crippen molar-refractivity contribution < 1.29 is 9.21 Å². The number of amides is 1. The number of carbonyl (C=O) groups excluding carboxylic acids is 1. The maximum absolute atomic E-state index is 12.6. The minimum absolute atomic E-state index is 0.182. The summed E-state index contributed by atoms with van der Waals surface area (Å²) in [5.41, 5.74) is 3.24. The first-order chi connectivity index (χ1) is 13.6. The number of carbonyl (C=O) groups is 1. The maximum Gasteiger partial charge on any atom is 0.249 e. The molecule has 0 radical (unpaired) electrons. The number of benzene rings is 1. The number of rotatable bonds is 3. The van der Waals surface area contributed by atoms with Crippen LogP contribution in [0.5, 0.6) is 0 Å². The second-order valence-corrected chi connectivity index (χ2v) is 7.97. The summed E-state index contributed by atoms with van der Waals surface area (Å²) in [5.74, 6) is -0.376. The van der Waals surface area contributed by atoms with Crippen LogP contribution in [-0.4, -0.2) is 5.91 Å². The second kappa shape index (κ2) is 7.45. The Morgan fingerprint density at radius 1 is 1.32 bits per heavy atom. The molecule has 0 saturated heterocycles. The summed E-state index contributed by atoms with van der Waals surface area (Å²) in [7, 11) is 0. The van der Waals surface area contributed by atoms with Gasteiger partial charge in [0.15, 0.2) is 5.43 Å². The van der Waals surface area contributed by atoms with E-state index in [4.69, 9.17) is 4.42 Å². The van der Waals surface area contributed by atoms with Crippen molar-refractivity contribution >= 4 is 39.3 Å². The Labute approximate surface area is 165 Å². The molecule has 2 heterocycles. The third-order valence-electron chi connectivity index (χ3n) is 4.89. The number of thiophene rings is 1. The highest BCUT2D eigenvalue weighted by molar-refractivity contribution is 7.16. The van der Waals surface area contributed by atoms with Crippen molar-refractivity contribution in [1.82, 2.24) is 0 Å². The highest BCUT2D eigenvalue weighted by atomic mass is 32.1. The van der Waals surface area contributed by atoms with Crippen LogP contribution >= 0.6 is 11.3 Å². The zero-order chi connectivity index (χ0) is 19.7. The summed E-state index contributed by atoms with van der Waals surface area (Å²) < 4.78 is 5.50. The van der Waals surface area contributed by atoms with Gasteiger partial charge in [0.1, 0.15) is 22.9 Å². The van der Waals surface area contributed by atoms with Gasteiger partial charge in [0, 0.05) is 11.0 Å². The average Bonchev–Trinajstić information content (AvgIpc) is 3.04. The molecule has 1 aliphatic rings. The monoisotopic (exact) mass is 390 g/mol. The number of fused-ring (bicyclic) bond motifs is 2. The molecule has 1 N–H and O–H groups in total. The molecule has 0 atom stereocenters. The first-order valence-electron chi connectivity index (χ1n) is 9.12. The van der Waals surface area contributed by atoms with Gasteiger partial charge in [-0.25, -0.2) is 0 Å². The molecule has 3 aromatic rings. The Morgan fingerprint density at radius 2 is 2.14 bits per heavy atom. The highest BCUT2D eigenvalue weighted by Crippen LogP contribution is 2.37. The van der Waals surface area contributed by atoms with Gasteiger partial charge < -0.3 is 9.73 Å². The van der Waals surface area contributed by atoms with Crippen molar-refractivity contribution in [2.75, 3.05) is 5.32 Å². The van der Waals surface area contributed by atoms with Gasteiger partial charge in [-0.2, -0.15) is 5.26 Å². The Bertz CT molecular complexity index is 1210. The first-order valence-corrected chi connectivity index (χ1v) is 9.94. The third-order valence-corrected chi connectivity index (χ3v) is 6.10. The van der Waals surface area contributed by atoms with Gasteiger partial charge in [-0.1, -0.05) is 11.6 Å². The van der Waals surface area contributed by atoms with Crippen LogP contribution < -0.4 is 10.7 Å². The standard InChI is InChI=1S/C22H18N2O3S/c1-13-6-8-18-16(10-13)21(26)14(12-27-18)7-9-20(25)24-22-17(11-23)15-4-2-3-5-19(15)28-22/h6-10,12H,2-5H2,1H3,(H,24,25)/b9-7+. The third kappa shape index (κ3) is 3.37. The van der Waals surface area contributed by atoms with Crippen LogP contribution in [0.1, 0.15) is 40.0 Å². The van der Waals surface area contributed by atoms with Gasteiger partial charge >= 0.3 is 0 Å². The fraction of sp³-hybridized carbons (Fsp3) is 0.227. The molecule has 1 amide bonds. The van der Waals surface area contributed by atoms with E-state index >= 15 is 0 Å². The smallest absolute Gasteiger partial charge is 0.249 e. The average molecular weight is 390 g/mol. The van der Waals surface area contributed by atoms with Crippen LogP contribution in [0.15, 0.2) is 39.7 Å². The summed E-state index contributed by atoms with van der Waals surface area (Å²) in [6, 6.07) is 7.63. The summed E-state index contributed by atoms with van der Waals surface area (Å²) >= 11 is 1.47. The van der Waals surface area contributed by atoms with Gasteiger partial charge in [0.25, 0.3) is 0 Å². The van der Waals surface area contributed by atoms with Gasteiger partial charge in [-0.3, -0.25) is 9.59 Å². The number of anilines is 1. The first kappa shape index (κ1) is 18.2. The molecular formula is C22H18N2O3S. The number of hydrogen-bond donors (Lipinski definition) is 1. The molecule has 0 saturated carbocycles. The molecular weight excluding hydrogens is 372 g/mol. The van der Waals surface area contributed by atoms with Crippen LogP contribution in [0.2, 0.25) is 0 Å². The Kier molecular flexibility index (Phi) is 4.84. The molecule has 0 fully saturated rings. The van der Waals surface area contributed by atoms with E-state index in [9.17, 15) is 14.9 Å². The number of nitrogens with one attached hydrogen (secondary N) is 1. The molecule has 0 aliphatic heterocycles. The number of nitriles is 1. The molecule has 2 aromatic heterocycles. The molecule has 140 valence electrons. The maximum atomic E-state index is 12.6. The van der Waals surface area contributed by atoms with Crippen molar-refractivity contribution in [1.29, 1.82) is 5.26 Å². The highest BCUT2D eigenvalue weighted by Gasteiger charge is 2.21. The largest absolute Gasteiger partial charge is 0.463 e. The normalized spacial score (nSPS) is 13.4. The predicted molar refractivity (Wildman–Crippen MR) is 111 cm³/mol. The number of aryl methyl sites for hydroxylation is 2. The van der Waals surface area contributed by atoms with Gasteiger partial charge in [0.2, 0.25) is 5.91 Å². The van der Waals surface area contributed by atoms with Crippen LogP contribution in [0.3, 0.4) is 0 Å². The summed E-state index contributed by atoms with van der Waals surface area (Å²) in [5, 5.41) is 13.3. The lowest BCUT2D eigenvalue weighted by atomic mass is 9.96. The molecule has 5 nitrogen and oxygen atoms in total. The summed E-state index contributed by atoms with van der Waals surface area (Å²) in [6.07, 6.45) is 8.13. The zero-order valence-electron chi connectivity index (χ0n) is 15.4. The lowest BCUT2D eigenvalue weighted by Crippen LogP contribution is -2.09. The van der Waals surface area contributed by atoms with E-state index in [1.165, 1.54) is 34.6 Å². The molecule has 0 spiro atoms. The number of hydrogen-bond acceptors (Lipinski definition) is 5. The molecule has 4 rings (SSSR count). The molecule has 1 aromatic carbocycles. The Hall–Kier alpha value is -3.17. The van der Waals surface area contributed by atoms with E-state index in [0.717, 1.165) is 36.8 Å². The van der Waals surface area contributed by atoms with Crippen molar-refractivity contribution in [2.24, 2.45) is 0 Å². The summed E-state index contributed by atoms with van der Waals surface area (Å²) in [4.78, 5) is 26.2. The van der Waals surface area contributed by atoms with E-state index < -0.39 is 0 Å². The second-order valence-electron chi connectivity index (χ2n) is 6.87. The molecule has 0 unspecified atom stereocenters.